The summed E-state index contributed by atoms with van der Waals surface area (Å²) in [6, 6.07) is 1.91. The molecule has 0 aliphatic heterocycles. The zero-order valence-corrected chi connectivity index (χ0v) is 12.3. The van der Waals surface area contributed by atoms with Crippen molar-refractivity contribution in [3.63, 3.8) is 0 Å². The van der Waals surface area contributed by atoms with Crippen LogP contribution in [-0.4, -0.2) is 35.9 Å². The van der Waals surface area contributed by atoms with Gasteiger partial charge in [0, 0.05) is 36.9 Å². The van der Waals surface area contributed by atoms with Crippen LogP contribution in [0.5, 0.6) is 0 Å². The summed E-state index contributed by atoms with van der Waals surface area (Å²) in [5.74, 6) is 0.917. The van der Waals surface area contributed by atoms with E-state index in [-0.39, 0.29) is 11.9 Å². The molecule has 0 radical (unpaired) electrons. The summed E-state index contributed by atoms with van der Waals surface area (Å²) in [6.45, 7) is 2.39. The predicted molar refractivity (Wildman–Crippen MR) is 75.4 cm³/mol. The number of nitrogens with one attached hydrogen (secondary N) is 1. The Bertz CT molecular complexity index is 539. The van der Waals surface area contributed by atoms with Crippen LogP contribution in [0.3, 0.4) is 0 Å². The number of hydrogen-bond donors (Lipinski definition) is 1. The highest BCUT2D eigenvalue weighted by atomic mass is 32.1. The van der Waals surface area contributed by atoms with E-state index in [1.807, 2.05) is 23.8 Å². The molecule has 2 heterocycles. The summed E-state index contributed by atoms with van der Waals surface area (Å²) in [7, 11) is 1.60. The van der Waals surface area contributed by atoms with Crippen LogP contribution >= 0.6 is 11.3 Å². The van der Waals surface area contributed by atoms with Crippen molar-refractivity contribution in [2.75, 3.05) is 13.7 Å². The average molecular weight is 295 g/mol. The third kappa shape index (κ3) is 4.14. The predicted octanol–water partition coefficient (Wildman–Crippen LogP) is 1.88. The summed E-state index contributed by atoms with van der Waals surface area (Å²) >= 11 is 1.57. The molecule has 20 heavy (non-hydrogen) atoms. The Kier molecular flexibility index (Phi) is 5.25. The summed E-state index contributed by atoms with van der Waals surface area (Å²) < 4.78 is 10.5. The molecule has 0 aromatic carbocycles. The van der Waals surface area contributed by atoms with Crippen LogP contribution in [0.1, 0.15) is 19.2 Å². The number of aryl methyl sites for hydroxylation is 1. The average Bonchev–Trinajstić information content (AvgIpc) is 3.07. The second-order valence-corrected chi connectivity index (χ2v) is 5.22. The monoisotopic (exact) mass is 295 g/mol. The van der Waals surface area contributed by atoms with Gasteiger partial charge in [0.05, 0.1) is 6.61 Å². The van der Waals surface area contributed by atoms with E-state index in [0.717, 1.165) is 5.56 Å². The summed E-state index contributed by atoms with van der Waals surface area (Å²) in [5.41, 5.74) is 0.909. The van der Waals surface area contributed by atoms with Gasteiger partial charge in [0.25, 0.3) is 0 Å². The minimum atomic E-state index is -0.0511. The van der Waals surface area contributed by atoms with Gasteiger partial charge in [0.15, 0.2) is 0 Å². The van der Waals surface area contributed by atoms with E-state index in [0.29, 0.717) is 31.2 Å². The van der Waals surface area contributed by atoms with Gasteiger partial charge in [-0.3, -0.25) is 4.79 Å². The van der Waals surface area contributed by atoms with Gasteiger partial charge in [-0.2, -0.15) is 11.3 Å². The molecule has 0 aliphatic rings. The normalized spacial score (nSPS) is 12.3. The van der Waals surface area contributed by atoms with Crippen LogP contribution in [0.2, 0.25) is 0 Å². The molecule has 2 rings (SSSR count). The molecule has 0 aliphatic carbocycles. The smallest absolute Gasteiger partial charge is 0.248 e. The molecule has 0 fully saturated rings. The molecule has 1 unspecified atom stereocenters. The van der Waals surface area contributed by atoms with Crippen LogP contribution in [0.25, 0.3) is 11.5 Å². The highest BCUT2D eigenvalue weighted by Crippen LogP contribution is 2.20. The number of hydrogen-bond acceptors (Lipinski definition) is 6. The van der Waals surface area contributed by atoms with Gasteiger partial charge in [-0.25, -0.2) is 0 Å². The van der Waals surface area contributed by atoms with E-state index in [2.05, 4.69) is 15.5 Å². The van der Waals surface area contributed by atoms with Crippen molar-refractivity contribution in [1.29, 1.82) is 0 Å². The lowest BCUT2D eigenvalue weighted by Crippen LogP contribution is -2.35. The van der Waals surface area contributed by atoms with Crippen LogP contribution < -0.4 is 5.32 Å². The Hall–Kier alpha value is -1.73. The largest absolute Gasteiger partial charge is 0.421 e. The van der Waals surface area contributed by atoms with Gasteiger partial charge < -0.3 is 14.5 Å². The first kappa shape index (κ1) is 14.7. The van der Waals surface area contributed by atoms with Crippen molar-refractivity contribution in [3.05, 3.63) is 22.7 Å². The second kappa shape index (κ2) is 7.16. The number of thiophene rings is 1. The van der Waals surface area contributed by atoms with Gasteiger partial charge in [-0.05, 0) is 18.4 Å². The minimum absolute atomic E-state index is 0.00319. The molecule has 0 spiro atoms. The number of carbonyl (C=O) groups is 1. The SMILES string of the molecule is COCC(C)NC(=O)CCc1nnc(-c2ccsc2)o1. The molecule has 7 heteroatoms. The fraction of sp³-hybridized carbons (Fsp3) is 0.462. The number of carbonyl (C=O) groups excluding carboxylic acids is 1. The summed E-state index contributed by atoms with van der Waals surface area (Å²) in [6.07, 6.45) is 0.752. The lowest BCUT2D eigenvalue weighted by atomic mass is 10.2. The molecule has 0 bridgehead atoms. The number of aromatic nitrogens is 2. The van der Waals surface area contributed by atoms with E-state index >= 15 is 0 Å². The lowest BCUT2D eigenvalue weighted by molar-refractivity contribution is -0.122. The van der Waals surface area contributed by atoms with Crippen molar-refractivity contribution >= 4 is 17.2 Å². The Morgan fingerprint density at radius 1 is 1.55 bits per heavy atom. The molecular weight excluding hydrogens is 278 g/mol. The van der Waals surface area contributed by atoms with Crippen molar-refractivity contribution in [3.8, 4) is 11.5 Å². The molecule has 2 aromatic rings. The topological polar surface area (TPSA) is 77.2 Å². The molecule has 1 atom stereocenters. The number of rotatable bonds is 7. The van der Waals surface area contributed by atoms with E-state index in [4.69, 9.17) is 9.15 Å². The van der Waals surface area contributed by atoms with Gasteiger partial charge in [-0.1, -0.05) is 0 Å². The first-order valence-corrected chi connectivity index (χ1v) is 7.26. The Morgan fingerprint density at radius 3 is 3.10 bits per heavy atom. The fourth-order valence-electron chi connectivity index (χ4n) is 1.72. The number of ether oxygens (including phenoxy) is 1. The number of amides is 1. The molecule has 0 saturated carbocycles. The van der Waals surface area contributed by atoms with E-state index in [9.17, 15) is 4.79 Å². The van der Waals surface area contributed by atoms with Crippen LogP contribution in [0.4, 0.5) is 0 Å². The van der Waals surface area contributed by atoms with Crippen LogP contribution in [0, 0.1) is 0 Å². The fourth-order valence-corrected chi connectivity index (χ4v) is 2.35. The highest BCUT2D eigenvalue weighted by molar-refractivity contribution is 7.08. The van der Waals surface area contributed by atoms with Gasteiger partial charge in [0.1, 0.15) is 0 Å². The maximum absolute atomic E-state index is 11.7. The van der Waals surface area contributed by atoms with Crippen molar-refractivity contribution in [2.45, 2.75) is 25.8 Å². The van der Waals surface area contributed by atoms with Crippen molar-refractivity contribution in [2.24, 2.45) is 0 Å². The summed E-state index contributed by atoms with van der Waals surface area (Å²) in [4.78, 5) is 11.7. The number of methoxy groups -OCH3 is 1. The van der Waals surface area contributed by atoms with E-state index in [1.165, 1.54) is 0 Å². The lowest BCUT2D eigenvalue weighted by Gasteiger charge is -2.11. The summed E-state index contributed by atoms with van der Waals surface area (Å²) in [5, 5.41) is 14.6. The maximum Gasteiger partial charge on any atom is 0.248 e. The molecule has 6 nitrogen and oxygen atoms in total. The maximum atomic E-state index is 11.7. The zero-order valence-electron chi connectivity index (χ0n) is 11.5. The third-order valence-corrected chi connectivity index (χ3v) is 3.31. The van der Waals surface area contributed by atoms with E-state index in [1.54, 1.807) is 18.4 Å². The van der Waals surface area contributed by atoms with Gasteiger partial charge in [-0.15, -0.1) is 10.2 Å². The van der Waals surface area contributed by atoms with E-state index < -0.39 is 0 Å². The second-order valence-electron chi connectivity index (χ2n) is 4.44. The molecule has 108 valence electrons. The quantitative estimate of drug-likeness (QED) is 0.844. The standard InChI is InChI=1S/C13H17N3O3S/c1-9(7-18-2)14-11(17)3-4-12-15-16-13(19-12)10-5-6-20-8-10/h5-6,8-9H,3-4,7H2,1-2H3,(H,14,17). The molecular formula is C13H17N3O3S. The molecule has 0 saturated heterocycles. The minimum Gasteiger partial charge on any atom is -0.421 e. The van der Waals surface area contributed by atoms with Gasteiger partial charge in [0.2, 0.25) is 17.7 Å². The number of nitrogens with zero attached hydrogens (tertiary/aromatic N) is 2. The highest BCUT2D eigenvalue weighted by Gasteiger charge is 2.12. The van der Waals surface area contributed by atoms with Crippen molar-refractivity contribution < 1.29 is 13.9 Å². The Labute approximate surface area is 121 Å². The molecule has 1 amide bonds. The van der Waals surface area contributed by atoms with Crippen LogP contribution in [-0.2, 0) is 16.0 Å². The van der Waals surface area contributed by atoms with Gasteiger partial charge >= 0.3 is 0 Å². The Balaban J connectivity index is 1.81. The van der Waals surface area contributed by atoms with Crippen LogP contribution in [0.15, 0.2) is 21.2 Å². The first-order valence-electron chi connectivity index (χ1n) is 6.32. The zero-order chi connectivity index (χ0) is 14.4. The molecule has 2 aromatic heterocycles. The Morgan fingerprint density at radius 2 is 2.40 bits per heavy atom. The molecule has 1 N–H and O–H groups in total. The first-order chi connectivity index (χ1) is 9.69. The third-order valence-electron chi connectivity index (χ3n) is 2.62. The van der Waals surface area contributed by atoms with Crippen molar-refractivity contribution in [1.82, 2.24) is 15.5 Å².